The molecule has 2 nitrogen and oxygen atoms in total. The fourth-order valence-electron chi connectivity index (χ4n) is 1.18. The summed E-state index contributed by atoms with van der Waals surface area (Å²) in [7, 11) is 0. The molecule has 2 unspecified atom stereocenters. The molecule has 0 aromatic heterocycles. The molecule has 1 N–H and O–H groups in total. The molecule has 0 aliphatic rings. The van der Waals surface area contributed by atoms with E-state index in [1.165, 1.54) is 0 Å². The first-order chi connectivity index (χ1) is 7.38. The quantitative estimate of drug-likeness (QED) is 0.678. The molecule has 0 aromatic carbocycles. The first-order valence-electron chi connectivity index (χ1n) is 5.66. The lowest BCUT2D eigenvalue weighted by Crippen LogP contribution is -2.31. The number of nitrogens with one attached hydrogen (secondary N) is 1. The fourth-order valence-corrected chi connectivity index (χ4v) is 1.18. The van der Waals surface area contributed by atoms with E-state index in [-0.39, 0.29) is 5.92 Å². The number of allylic oxidation sites excluding steroid dienone is 3. The number of hydrogen-bond donors (Lipinski definition) is 1. The second kappa shape index (κ2) is 7.04. The van der Waals surface area contributed by atoms with Crippen LogP contribution in [0, 0.1) is 5.92 Å². The van der Waals surface area contributed by atoms with Gasteiger partial charge in [-0.15, -0.1) is 0 Å². The number of aliphatic imine (C=N–C) groups is 1. The van der Waals surface area contributed by atoms with Gasteiger partial charge in [-0.3, -0.25) is 4.99 Å². The van der Waals surface area contributed by atoms with Crippen molar-refractivity contribution in [3.8, 4) is 0 Å². The molecule has 0 aromatic rings. The molecular formula is C14H24N2. The zero-order chi connectivity index (χ0) is 12.7. The molecule has 0 spiro atoms. The van der Waals surface area contributed by atoms with Gasteiger partial charge in [-0.05, 0) is 33.3 Å². The van der Waals surface area contributed by atoms with Gasteiger partial charge in [-0.2, -0.15) is 0 Å². The Bertz CT molecular complexity index is 311. The summed E-state index contributed by atoms with van der Waals surface area (Å²) in [4.78, 5) is 4.37. The van der Waals surface area contributed by atoms with Crippen LogP contribution in [0.25, 0.3) is 0 Å². The molecule has 0 aliphatic heterocycles. The Morgan fingerprint density at radius 3 is 2.25 bits per heavy atom. The Morgan fingerprint density at radius 1 is 1.25 bits per heavy atom. The highest BCUT2D eigenvalue weighted by Crippen LogP contribution is 2.15. The van der Waals surface area contributed by atoms with Gasteiger partial charge >= 0.3 is 0 Å². The molecule has 16 heavy (non-hydrogen) atoms. The first kappa shape index (κ1) is 14.7. The van der Waals surface area contributed by atoms with Crippen molar-refractivity contribution in [1.29, 1.82) is 0 Å². The molecule has 0 amide bonds. The summed E-state index contributed by atoms with van der Waals surface area (Å²) < 4.78 is 0. The van der Waals surface area contributed by atoms with E-state index < -0.39 is 0 Å². The molecule has 0 heterocycles. The molecule has 0 bridgehead atoms. The van der Waals surface area contributed by atoms with Gasteiger partial charge in [0.25, 0.3) is 0 Å². The number of nitrogens with zero attached hydrogens (tertiary/aromatic N) is 1. The van der Waals surface area contributed by atoms with Gasteiger partial charge in [0.15, 0.2) is 0 Å². The summed E-state index contributed by atoms with van der Waals surface area (Å²) in [5.74, 6) is 0.289. The van der Waals surface area contributed by atoms with Crippen molar-refractivity contribution < 1.29 is 0 Å². The highest BCUT2D eigenvalue weighted by molar-refractivity contribution is 5.78. The summed E-state index contributed by atoms with van der Waals surface area (Å²) in [6, 6.07) is 0.299. The molecule has 0 rings (SSSR count). The minimum Gasteiger partial charge on any atom is -0.386 e. The van der Waals surface area contributed by atoms with Crippen LogP contribution < -0.4 is 5.32 Å². The molecule has 0 saturated carbocycles. The maximum absolute atomic E-state index is 4.37. The molecule has 0 saturated heterocycles. The van der Waals surface area contributed by atoms with Crippen molar-refractivity contribution >= 4 is 6.21 Å². The van der Waals surface area contributed by atoms with Gasteiger partial charge in [0.05, 0.1) is 0 Å². The van der Waals surface area contributed by atoms with Gasteiger partial charge < -0.3 is 5.32 Å². The van der Waals surface area contributed by atoms with Gasteiger partial charge in [0.2, 0.25) is 0 Å². The predicted molar refractivity (Wildman–Crippen MR) is 73.6 cm³/mol. The van der Waals surface area contributed by atoms with Crippen LogP contribution in [0.5, 0.6) is 0 Å². The van der Waals surface area contributed by atoms with Crippen molar-refractivity contribution in [1.82, 2.24) is 5.32 Å². The molecule has 0 aliphatic carbocycles. The Morgan fingerprint density at radius 2 is 1.81 bits per heavy atom. The molecule has 0 fully saturated rings. The Kier molecular flexibility index (Phi) is 6.47. The van der Waals surface area contributed by atoms with Gasteiger partial charge in [-0.1, -0.05) is 26.2 Å². The third-order valence-electron chi connectivity index (χ3n) is 2.64. The van der Waals surface area contributed by atoms with Crippen molar-refractivity contribution in [3.05, 3.63) is 36.2 Å². The fraction of sp³-hybridized carbons (Fsp3) is 0.500. The van der Waals surface area contributed by atoms with Crippen LogP contribution in [0.3, 0.4) is 0 Å². The van der Waals surface area contributed by atoms with Crippen molar-refractivity contribution in [3.63, 3.8) is 0 Å². The minimum absolute atomic E-state index is 0.289. The first-order valence-corrected chi connectivity index (χ1v) is 5.66. The van der Waals surface area contributed by atoms with E-state index in [4.69, 9.17) is 0 Å². The zero-order valence-corrected chi connectivity index (χ0v) is 11.2. The van der Waals surface area contributed by atoms with Crippen LogP contribution in [0.4, 0.5) is 0 Å². The second-order valence-electron chi connectivity index (χ2n) is 4.28. The topological polar surface area (TPSA) is 24.4 Å². The van der Waals surface area contributed by atoms with Gasteiger partial charge in [0.1, 0.15) is 0 Å². The molecule has 0 radical (unpaired) electrons. The molecule has 90 valence electrons. The average Bonchev–Trinajstić information content (AvgIpc) is 2.23. The second-order valence-corrected chi connectivity index (χ2v) is 4.28. The van der Waals surface area contributed by atoms with E-state index >= 15 is 0 Å². The van der Waals surface area contributed by atoms with Crippen LogP contribution >= 0.6 is 0 Å². The molecule has 2 atom stereocenters. The van der Waals surface area contributed by atoms with Crippen LogP contribution in [0.1, 0.15) is 34.6 Å². The van der Waals surface area contributed by atoms with Crippen molar-refractivity contribution in [2.45, 2.75) is 40.7 Å². The lowest BCUT2D eigenvalue weighted by atomic mass is 10.0. The van der Waals surface area contributed by atoms with E-state index in [0.717, 1.165) is 17.0 Å². The SMILES string of the molecule is C=C(C)NC(C)C(C)C(=C)N=C/C(C)=C\C. The maximum atomic E-state index is 4.37. The zero-order valence-electron chi connectivity index (χ0n) is 11.2. The Balaban J connectivity index is 4.39. The summed E-state index contributed by atoms with van der Waals surface area (Å²) in [5, 5.41) is 3.28. The summed E-state index contributed by atoms with van der Waals surface area (Å²) in [5.41, 5.74) is 3.01. The highest BCUT2D eigenvalue weighted by atomic mass is 14.9. The monoisotopic (exact) mass is 220 g/mol. The van der Waals surface area contributed by atoms with Crippen LogP contribution in [0.2, 0.25) is 0 Å². The Labute approximate surface area is 99.9 Å². The highest BCUT2D eigenvalue weighted by Gasteiger charge is 2.13. The van der Waals surface area contributed by atoms with E-state index in [9.17, 15) is 0 Å². The van der Waals surface area contributed by atoms with E-state index in [1.807, 2.05) is 33.1 Å². The normalized spacial score (nSPS) is 15.9. The summed E-state index contributed by atoms with van der Waals surface area (Å²) >= 11 is 0. The molecular weight excluding hydrogens is 196 g/mol. The third-order valence-corrected chi connectivity index (χ3v) is 2.64. The number of rotatable bonds is 6. The smallest absolute Gasteiger partial charge is 0.0380 e. The van der Waals surface area contributed by atoms with Gasteiger partial charge in [0, 0.05) is 29.6 Å². The summed E-state index contributed by atoms with van der Waals surface area (Å²) in [6.07, 6.45) is 3.88. The lowest BCUT2D eigenvalue weighted by Gasteiger charge is -2.22. The minimum atomic E-state index is 0.289. The summed E-state index contributed by atoms with van der Waals surface area (Å²) in [6.45, 7) is 18.0. The standard InChI is InChI=1S/C14H24N2/c1-8-11(4)9-15-13(6)12(5)14(7)16-10(2)3/h8-9,12,14,16H,2,6H2,1,3-5,7H3/b11-8-,15-9?. The molecule has 2 heteroatoms. The van der Waals surface area contributed by atoms with E-state index in [0.29, 0.717) is 6.04 Å². The van der Waals surface area contributed by atoms with Crippen LogP contribution in [-0.2, 0) is 0 Å². The predicted octanol–water partition coefficient (Wildman–Crippen LogP) is 3.68. The van der Waals surface area contributed by atoms with Crippen molar-refractivity contribution in [2.75, 3.05) is 0 Å². The van der Waals surface area contributed by atoms with Crippen LogP contribution in [-0.4, -0.2) is 12.3 Å². The van der Waals surface area contributed by atoms with E-state index in [2.05, 4.69) is 37.3 Å². The largest absolute Gasteiger partial charge is 0.386 e. The van der Waals surface area contributed by atoms with Gasteiger partial charge in [-0.25, -0.2) is 0 Å². The maximum Gasteiger partial charge on any atom is 0.0380 e. The lowest BCUT2D eigenvalue weighted by molar-refractivity contribution is 0.480. The third kappa shape index (κ3) is 5.54. The van der Waals surface area contributed by atoms with Crippen LogP contribution in [0.15, 0.2) is 41.2 Å². The Hall–Kier alpha value is -1.31. The number of hydrogen-bond acceptors (Lipinski definition) is 2. The van der Waals surface area contributed by atoms with E-state index in [1.54, 1.807) is 0 Å². The average molecular weight is 220 g/mol. The van der Waals surface area contributed by atoms with Crippen molar-refractivity contribution in [2.24, 2.45) is 10.9 Å².